The largest absolute Gasteiger partial charge is 0.495 e. The maximum absolute atomic E-state index is 12.3. The Bertz CT molecular complexity index is 894. The number of rotatable bonds is 7. The molecule has 0 aliphatic heterocycles. The molecule has 8 heteroatoms. The van der Waals surface area contributed by atoms with Gasteiger partial charge in [0.15, 0.2) is 6.61 Å². The third-order valence-corrected chi connectivity index (χ3v) is 5.39. The zero-order chi connectivity index (χ0) is 19.3. The summed E-state index contributed by atoms with van der Waals surface area (Å²) in [7, 11) is 0.690. The van der Waals surface area contributed by atoms with E-state index in [0.29, 0.717) is 11.5 Å². The molecule has 2 aromatic carbocycles. The molecule has 0 aliphatic rings. The number of nitrogens with zero attached hydrogens (tertiary/aromatic N) is 1. The van der Waals surface area contributed by atoms with E-state index in [4.69, 9.17) is 9.47 Å². The fraction of sp³-hybridized carbons (Fsp3) is 0.278. The van der Waals surface area contributed by atoms with Crippen LogP contribution >= 0.6 is 0 Å². The van der Waals surface area contributed by atoms with Crippen LogP contribution in [0.25, 0.3) is 0 Å². The first-order valence-corrected chi connectivity index (χ1v) is 9.28. The number of aryl methyl sites for hydroxylation is 1. The van der Waals surface area contributed by atoms with Crippen LogP contribution in [0.5, 0.6) is 11.5 Å². The van der Waals surface area contributed by atoms with Gasteiger partial charge in [0.1, 0.15) is 11.5 Å². The van der Waals surface area contributed by atoms with Crippen molar-refractivity contribution >= 4 is 21.6 Å². The van der Waals surface area contributed by atoms with Gasteiger partial charge in [-0.15, -0.1) is 0 Å². The van der Waals surface area contributed by atoms with E-state index < -0.39 is 15.9 Å². The molecule has 0 fully saturated rings. The molecule has 0 unspecified atom stereocenters. The second kappa shape index (κ2) is 8.20. The minimum absolute atomic E-state index is 0.0539. The van der Waals surface area contributed by atoms with Gasteiger partial charge in [0.2, 0.25) is 10.0 Å². The Balaban J connectivity index is 2.15. The van der Waals surface area contributed by atoms with Crippen LogP contribution in [-0.4, -0.2) is 46.4 Å². The third kappa shape index (κ3) is 4.74. The number of hydrogen-bond acceptors (Lipinski definition) is 5. The summed E-state index contributed by atoms with van der Waals surface area (Å²) in [6.45, 7) is 1.71. The Morgan fingerprint density at radius 3 is 2.50 bits per heavy atom. The van der Waals surface area contributed by atoms with E-state index in [1.165, 1.54) is 39.4 Å². The third-order valence-electron chi connectivity index (χ3n) is 3.58. The molecule has 0 aromatic heterocycles. The van der Waals surface area contributed by atoms with Gasteiger partial charge in [-0.1, -0.05) is 12.1 Å². The second-order valence-corrected chi connectivity index (χ2v) is 7.95. The van der Waals surface area contributed by atoms with Gasteiger partial charge in [-0.3, -0.25) is 4.79 Å². The average Bonchev–Trinajstić information content (AvgIpc) is 2.60. The van der Waals surface area contributed by atoms with Crippen LogP contribution in [0.3, 0.4) is 0 Å². The van der Waals surface area contributed by atoms with Gasteiger partial charge in [-0.2, -0.15) is 0 Å². The predicted molar refractivity (Wildman–Crippen MR) is 99.2 cm³/mol. The van der Waals surface area contributed by atoms with E-state index in [1.54, 1.807) is 6.07 Å². The van der Waals surface area contributed by atoms with Crippen LogP contribution in [0.15, 0.2) is 47.4 Å². The molecule has 0 spiro atoms. The Hall–Kier alpha value is -2.58. The first-order chi connectivity index (χ1) is 12.2. The zero-order valence-corrected chi connectivity index (χ0v) is 16.0. The molecule has 1 N–H and O–H groups in total. The van der Waals surface area contributed by atoms with E-state index in [2.05, 4.69) is 5.32 Å². The molecule has 26 heavy (non-hydrogen) atoms. The minimum atomic E-state index is -3.62. The number of methoxy groups -OCH3 is 1. The van der Waals surface area contributed by atoms with Crippen molar-refractivity contribution in [1.29, 1.82) is 0 Å². The highest BCUT2D eigenvalue weighted by atomic mass is 32.2. The van der Waals surface area contributed by atoms with Crippen molar-refractivity contribution in [2.75, 3.05) is 33.1 Å². The number of carbonyl (C=O) groups excluding carboxylic acids is 1. The molecular formula is C18H22N2O5S. The molecule has 0 saturated carbocycles. The van der Waals surface area contributed by atoms with E-state index in [1.807, 2.05) is 25.1 Å². The van der Waals surface area contributed by atoms with Crippen molar-refractivity contribution in [1.82, 2.24) is 4.31 Å². The number of amides is 1. The van der Waals surface area contributed by atoms with Crippen LogP contribution in [0.4, 0.5) is 5.69 Å². The van der Waals surface area contributed by atoms with Gasteiger partial charge >= 0.3 is 0 Å². The van der Waals surface area contributed by atoms with Crippen molar-refractivity contribution in [2.45, 2.75) is 11.8 Å². The molecule has 0 radical (unpaired) electrons. The summed E-state index contributed by atoms with van der Waals surface area (Å²) in [5.74, 6) is 0.506. The number of carbonyl (C=O) groups is 1. The predicted octanol–water partition coefficient (Wildman–Crippen LogP) is 2.27. The number of ether oxygens (including phenoxy) is 2. The van der Waals surface area contributed by atoms with Crippen LogP contribution in [0, 0.1) is 6.92 Å². The van der Waals surface area contributed by atoms with Gasteiger partial charge in [-0.05, 0) is 42.8 Å². The first-order valence-electron chi connectivity index (χ1n) is 7.84. The Kier molecular flexibility index (Phi) is 6.23. The topological polar surface area (TPSA) is 84.9 Å². The summed E-state index contributed by atoms with van der Waals surface area (Å²) < 4.78 is 36.3. The number of anilines is 1. The smallest absolute Gasteiger partial charge is 0.262 e. The van der Waals surface area contributed by atoms with E-state index >= 15 is 0 Å². The molecule has 0 heterocycles. The van der Waals surface area contributed by atoms with Gasteiger partial charge in [-0.25, -0.2) is 12.7 Å². The van der Waals surface area contributed by atoms with E-state index in [0.717, 1.165) is 9.87 Å². The first kappa shape index (κ1) is 19.7. The van der Waals surface area contributed by atoms with E-state index in [-0.39, 0.29) is 17.2 Å². The zero-order valence-electron chi connectivity index (χ0n) is 15.1. The maximum Gasteiger partial charge on any atom is 0.262 e. The van der Waals surface area contributed by atoms with Crippen LogP contribution < -0.4 is 14.8 Å². The molecule has 7 nitrogen and oxygen atoms in total. The van der Waals surface area contributed by atoms with Gasteiger partial charge < -0.3 is 14.8 Å². The van der Waals surface area contributed by atoms with Crippen LogP contribution in [-0.2, 0) is 14.8 Å². The summed E-state index contributed by atoms with van der Waals surface area (Å²) >= 11 is 0. The van der Waals surface area contributed by atoms with Gasteiger partial charge in [0, 0.05) is 14.1 Å². The molecule has 2 rings (SSSR count). The van der Waals surface area contributed by atoms with Gasteiger partial charge in [0.25, 0.3) is 5.91 Å². The van der Waals surface area contributed by atoms with Crippen molar-refractivity contribution in [2.24, 2.45) is 0 Å². The summed E-state index contributed by atoms with van der Waals surface area (Å²) in [5.41, 5.74) is 1.28. The average molecular weight is 378 g/mol. The lowest BCUT2D eigenvalue weighted by Crippen LogP contribution is -2.23. The summed E-state index contributed by atoms with van der Waals surface area (Å²) in [6, 6.07) is 11.6. The van der Waals surface area contributed by atoms with Crippen LogP contribution in [0.1, 0.15) is 5.56 Å². The minimum Gasteiger partial charge on any atom is -0.495 e. The molecular weight excluding hydrogens is 356 g/mol. The fourth-order valence-electron chi connectivity index (χ4n) is 2.20. The number of sulfonamides is 1. The highest BCUT2D eigenvalue weighted by Crippen LogP contribution is 2.28. The monoisotopic (exact) mass is 378 g/mol. The lowest BCUT2D eigenvalue weighted by atomic mass is 10.2. The SMILES string of the molecule is COc1ccc(S(=O)(=O)N(C)C)cc1NC(=O)COc1cccc(C)c1. The van der Waals surface area contributed by atoms with E-state index in [9.17, 15) is 13.2 Å². The number of benzene rings is 2. The van der Waals surface area contributed by atoms with Gasteiger partial charge in [0.05, 0.1) is 17.7 Å². The number of hydrogen-bond donors (Lipinski definition) is 1. The normalized spacial score (nSPS) is 11.3. The second-order valence-electron chi connectivity index (χ2n) is 5.80. The lowest BCUT2D eigenvalue weighted by molar-refractivity contribution is -0.118. The Labute approximate surface area is 153 Å². The Morgan fingerprint density at radius 1 is 1.15 bits per heavy atom. The van der Waals surface area contributed by atoms with Crippen molar-refractivity contribution in [3.05, 3.63) is 48.0 Å². The highest BCUT2D eigenvalue weighted by molar-refractivity contribution is 7.89. The summed E-state index contributed by atoms with van der Waals surface area (Å²) in [6.07, 6.45) is 0. The highest BCUT2D eigenvalue weighted by Gasteiger charge is 2.20. The molecule has 0 saturated heterocycles. The quantitative estimate of drug-likeness (QED) is 0.799. The fourth-order valence-corrected chi connectivity index (χ4v) is 3.12. The lowest BCUT2D eigenvalue weighted by Gasteiger charge is -2.15. The van der Waals surface area contributed by atoms with Crippen molar-refractivity contribution < 1.29 is 22.7 Å². The van der Waals surface area contributed by atoms with Crippen LogP contribution in [0.2, 0.25) is 0 Å². The number of nitrogens with one attached hydrogen (secondary N) is 1. The molecule has 140 valence electrons. The Morgan fingerprint density at radius 2 is 1.88 bits per heavy atom. The summed E-state index contributed by atoms with van der Waals surface area (Å²) in [5, 5.41) is 2.63. The molecule has 1 amide bonds. The molecule has 2 aromatic rings. The summed E-state index contributed by atoms with van der Waals surface area (Å²) in [4.78, 5) is 12.2. The molecule has 0 bridgehead atoms. The standard InChI is InChI=1S/C18H22N2O5S/c1-13-6-5-7-14(10-13)25-12-18(21)19-16-11-15(8-9-17(16)24-4)26(22,23)20(2)3/h5-11H,12H2,1-4H3,(H,19,21). The van der Waals surface area contributed by atoms with Crippen molar-refractivity contribution in [3.63, 3.8) is 0 Å². The van der Waals surface area contributed by atoms with Crippen molar-refractivity contribution in [3.8, 4) is 11.5 Å². The maximum atomic E-state index is 12.3. The molecule has 0 atom stereocenters. The molecule has 0 aliphatic carbocycles.